The zero-order valence-corrected chi connectivity index (χ0v) is 15.1. The van der Waals surface area contributed by atoms with Crippen molar-refractivity contribution in [2.24, 2.45) is 5.73 Å². The summed E-state index contributed by atoms with van der Waals surface area (Å²) in [6.45, 7) is 0.786. The number of carbonyl (C=O) groups is 2. The van der Waals surface area contributed by atoms with Gasteiger partial charge in [-0.05, 0) is 18.9 Å². The van der Waals surface area contributed by atoms with Crippen LogP contribution in [0.4, 0.5) is 4.79 Å². The number of benzene rings is 1. The minimum atomic E-state index is -0.470. The number of hydrogen-bond acceptors (Lipinski definition) is 5. The van der Waals surface area contributed by atoms with E-state index in [1.54, 1.807) is 11.0 Å². The Labute approximate surface area is 154 Å². The molecule has 1 aromatic carbocycles. The lowest BCUT2D eigenvalue weighted by Gasteiger charge is -2.22. The van der Waals surface area contributed by atoms with Crippen LogP contribution in [0.1, 0.15) is 18.5 Å². The zero-order valence-electron chi connectivity index (χ0n) is 13.5. The minimum Gasteiger partial charge on any atom is -0.463 e. The second-order valence-corrected chi connectivity index (χ2v) is 7.08. The number of carbonyl (C=O) groups excluding carboxylic acids is 2. The van der Waals surface area contributed by atoms with Crippen molar-refractivity contribution in [3.63, 3.8) is 0 Å². The van der Waals surface area contributed by atoms with E-state index in [4.69, 9.17) is 22.1 Å². The molecular weight excluding hydrogens is 362 g/mol. The van der Waals surface area contributed by atoms with Gasteiger partial charge < -0.3 is 15.4 Å². The van der Waals surface area contributed by atoms with Crippen LogP contribution >= 0.6 is 22.9 Å². The number of likely N-dealkylation sites (tertiary alicyclic amines) is 1. The van der Waals surface area contributed by atoms with Crippen molar-refractivity contribution in [1.29, 1.82) is 0 Å². The average molecular weight is 380 g/mol. The fourth-order valence-corrected chi connectivity index (χ4v) is 3.97. The van der Waals surface area contributed by atoms with Crippen molar-refractivity contribution < 1.29 is 14.3 Å². The Bertz CT molecular complexity index is 780. The second kappa shape index (κ2) is 7.84. The number of hydrogen-bond donors (Lipinski definition) is 1. The average Bonchev–Trinajstić information content (AvgIpc) is 3.22. The van der Waals surface area contributed by atoms with E-state index < -0.39 is 6.03 Å². The molecule has 0 aliphatic carbocycles. The number of esters is 1. The number of primary amides is 1. The Morgan fingerprint density at radius 1 is 1.40 bits per heavy atom. The molecule has 6 nitrogen and oxygen atoms in total. The number of urea groups is 1. The van der Waals surface area contributed by atoms with Gasteiger partial charge in [-0.3, -0.25) is 4.79 Å². The van der Waals surface area contributed by atoms with Gasteiger partial charge >= 0.3 is 12.0 Å². The quantitative estimate of drug-likeness (QED) is 0.809. The van der Waals surface area contributed by atoms with Crippen molar-refractivity contribution in [2.75, 3.05) is 13.2 Å². The Balaban J connectivity index is 1.55. The number of rotatable bonds is 5. The monoisotopic (exact) mass is 379 g/mol. The number of thiazole rings is 1. The van der Waals surface area contributed by atoms with Gasteiger partial charge in [0.05, 0.1) is 23.2 Å². The lowest BCUT2D eigenvalue weighted by atomic mass is 10.2. The highest BCUT2D eigenvalue weighted by Gasteiger charge is 2.28. The fourth-order valence-electron chi connectivity index (χ4n) is 2.83. The smallest absolute Gasteiger partial charge is 0.315 e. The topological polar surface area (TPSA) is 85.5 Å². The molecule has 1 saturated heterocycles. The molecule has 0 saturated carbocycles. The molecule has 0 radical (unpaired) electrons. The fraction of sp³-hybridized carbons (Fsp3) is 0.353. The predicted octanol–water partition coefficient (Wildman–Crippen LogP) is 3.09. The van der Waals surface area contributed by atoms with Gasteiger partial charge in [0.15, 0.2) is 0 Å². The number of nitrogens with two attached hydrogens (primary N) is 1. The van der Waals surface area contributed by atoms with Crippen LogP contribution in [0.3, 0.4) is 0 Å². The summed E-state index contributed by atoms with van der Waals surface area (Å²) in [7, 11) is 0. The highest BCUT2D eigenvalue weighted by Crippen LogP contribution is 2.30. The number of halogens is 1. The van der Waals surface area contributed by atoms with Gasteiger partial charge in [0.25, 0.3) is 0 Å². The summed E-state index contributed by atoms with van der Waals surface area (Å²) in [4.78, 5) is 29.3. The second-order valence-electron chi connectivity index (χ2n) is 5.81. The maximum absolute atomic E-state index is 12.0. The van der Waals surface area contributed by atoms with E-state index in [-0.39, 0.29) is 25.0 Å². The Hall–Kier alpha value is -2.12. The maximum Gasteiger partial charge on any atom is 0.315 e. The Morgan fingerprint density at radius 3 is 2.96 bits per heavy atom. The van der Waals surface area contributed by atoms with Gasteiger partial charge in [0, 0.05) is 17.5 Å². The van der Waals surface area contributed by atoms with E-state index in [1.165, 1.54) is 11.3 Å². The van der Waals surface area contributed by atoms with Gasteiger partial charge in [-0.2, -0.15) is 0 Å². The summed E-state index contributed by atoms with van der Waals surface area (Å²) in [6, 6.07) is 6.84. The molecule has 2 aromatic rings. The number of ether oxygens (including phenoxy) is 1. The van der Waals surface area contributed by atoms with E-state index in [2.05, 4.69) is 4.98 Å². The summed E-state index contributed by atoms with van der Waals surface area (Å²) in [5, 5.41) is 3.22. The van der Waals surface area contributed by atoms with E-state index in [1.807, 2.05) is 23.6 Å². The van der Waals surface area contributed by atoms with Crippen LogP contribution in [0.5, 0.6) is 0 Å². The molecule has 1 atom stereocenters. The maximum atomic E-state index is 12.0. The van der Waals surface area contributed by atoms with E-state index in [9.17, 15) is 9.59 Å². The molecule has 0 spiro atoms. The summed E-state index contributed by atoms with van der Waals surface area (Å²) < 4.78 is 5.30. The van der Waals surface area contributed by atoms with E-state index >= 15 is 0 Å². The first-order chi connectivity index (χ1) is 12.0. The van der Waals surface area contributed by atoms with Crippen molar-refractivity contribution in [3.05, 3.63) is 40.4 Å². The molecule has 1 unspecified atom stereocenters. The third-order valence-electron chi connectivity index (χ3n) is 4.08. The Kier molecular flexibility index (Phi) is 5.55. The summed E-state index contributed by atoms with van der Waals surface area (Å²) >= 11 is 7.60. The third-order valence-corrected chi connectivity index (χ3v) is 5.33. The highest BCUT2D eigenvalue weighted by atomic mass is 35.5. The molecule has 1 aliphatic heterocycles. The third kappa shape index (κ3) is 4.29. The molecular formula is C17H18ClN3O3S. The molecule has 132 valence electrons. The molecule has 2 N–H and O–H groups in total. The van der Waals surface area contributed by atoms with Crippen LogP contribution in [0.15, 0.2) is 29.6 Å². The van der Waals surface area contributed by atoms with Crippen LogP contribution in [-0.2, 0) is 16.0 Å². The minimum absolute atomic E-state index is 0.0875. The molecule has 1 aromatic heterocycles. The first-order valence-electron chi connectivity index (χ1n) is 7.95. The van der Waals surface area contributed by atoms with Crippen LogP contribution < -0.4 is 5.73 Å². The van der Waals surface area contributed by atoms with Crippen LogP contribution in [0.2, 0.25) is 5.02 Å². The van der Waals surface area contributed by atoms with Gasteiger partial charge in [-0.15, -0.1) is 11.3 Å². The van der Waals surface area contributed by atoms with E-state index in [0.29, 0.717) is 17.3 Å². The predicted molar refractivity (Wildman–Crippen MR) is 96.5 cm³/mol. The number of amides is 2. The molecule has 1 aliphatic rings. The summed E-state index contributed by atoms with van der Waals surface area (Å²) in [5.41, 5.74) is 6.80. The van der Waals surface area contributed by atoms with Crippen LogP contribution in [-0.4, -0.2) is 41.1 Å². The molecule has 8 heteroatoms. The highest BCUT2D eigenvalue weighted by molar-refractivity contribution is 7.13. The molecule has 2 heterocycles. The molecule has 25 heavy (non-hydrogen) atoms. The van der Waals surface area contributed by atoms with Crippen LogP contribution in [0.25, 0.3) is 10.6 Å². The molecule has 0 bridgehead atoms. The molecule has 2 amide bonds. The lowest BCUT2D eigenvalue weighted by molar-refractivity contribution is -0.144. The van der Waals surface area contributed by atoms with Crippen molar-refractivity contribution >= 4 is 34.9 Å². The van der Waals surface area contributed by atoms with Crippen molar-refractivity contribution in [2.45, 2.75) is 25.3 Å². The first kappa shape index (κ1) is 17.7. The SMILES string of the molecule is NC(=O)N1CCCC1COC(=O)Cc1csc(-c2ccccc2Cl)n1. The van der Waals surface area contributed by atoms with Gasteiger partial charge in [-0.1, -0.05) is 29.8 Å². The van der Waals surface area contributed by atoms with Gasteiger partial charge in [-0.25, -0.2) is 9.78 Å². The summed E-state index contributed by atoms with van der Waals surface area (Å²) in [6.07, 6.45) is 1.76. The van der Waals surface area contributed by atoms with Gasteiger partial charge in [0.1, 0.15) is 11.6 Å². The van der Waals surface area contributed by atoms with Crippen molar-refractivity contribution in [3.8, 4) is 10.6 Å². The van der Waals surface area contributed by atoms with E-state index in [0.717, 1.165) is 23.4 Å². The lowest BCUT2D eigenvalue weighted by Crippen LogP contribution is -2.42. The zero-order chi connectivity index (χ0) is 17.8. The largest absolute Gasteiger partial charge is 0.463 e. The van der Waals surface area contributed by atoms with Crippen molar-refractivity contribution in [1.82, 2.24) is 9.88 Å². The standard InChI is InChI=1S/C17H18ClN3O3S/c18-14-6-2-1-5-13(14)16-20-11(10-25-16)8-15(22)24-9-12-4-3-7-21(12)17(19)23/h1-2,5-6,10,12H,3-4,7-9H2,(H2,19,23). The number of aromatic nitrogens is 1. The first-order valence-corrected chi connectivity index (χ1v) is 9.21. The van der Waals surface area contributed by atoms with Crippen LogP contribution in [0, 0.1) is 0 Å². The van der Waals surface area contributed by atoms with Gasteiger partial charge in [0.2, 0.25) is 0 Å². The summed E-state index contributed by atoms with van der Waals surface area (Å²) in [5.74, 6) is -0.368. The molecule has 3 rings (SSSR count). The number of nitrogens with zero attached hydrogens (tertiary/aromatic N) is 2. The Morgan fingerprint density at radius 2 is 2.20 bits per heavy atom. The normalized spacial score (nSPS) is 16.8. The molecule has 1 fully saturated rings.